The number of anilines is 1. The number of hydrazine groups is 1. The molecule has 1 aliphatic heterocycles. The van der Waals surface area contributed by atoms with E-state index in [2.05, 4.69) is 10.9 Å². The van der Waals surface area contributed by atoms with Gasteiger partial charge in [0.15, 0.2) is 6.61 Å². The Balaban J connectivity index is 1.35. The van der Waals surface area contributed by atoms with E-state index in [0.717, 1.165) is 4.90 Å². The van der Waals surface area contributed by atoms with Gasteiger partial charge in [0.25, 0.3) is 11.8 Å². The van der Waals surface area contributed by atoms with E-state index in [1.54, 1.807) is 12.1 Å². The highest BCUT2D eigenvalue weighted by atomic mass is 35.5. The van der Waals surface area contributed by atoms with Gasteiger partial charge in [0.1, 0.15) is 0 Å². The van der Waals surface area contributed by atoms with Crippen LogP contribution >= 0.6 is 34.8 Å². The van der Waals surface area contributed by atoms with Gasteiger partial charge in [-0.1, -0.05) is 29.8 Å². The van der Waals surface area contributed by atoms with Crippen LogP contribution in [0.2, 0.25) is 5.02 Å². The van der Waals surface area contributed by atoms with Gasteiger partial charge < -0.3 is 4.74 Å². The number of alkyl halides is 2. The number of hydrogen-bond donors (Lipinski definition) is 2. The fourth-order valence-electron chi connectivity index (χ4n) is 4.21. The van der Waals surface area contributed by atoms with Gasteiger partial charge in [0.2, 0.25) is 11.8 Å². The monoisotopic (exact) mass is 551 g/mol. The summed E-state index contributed by atoms with van der Waals surface area (Å²) in [5, 5.41) is -0.618. The van der Waals surface area contributed by atoms with Crippen LogP contribution in [0, 0.1) is 11.8 Å². The predicted octanol–water partition coefficient (Wildman–Crippen LogP) is 3.07. The minimum atomic E-state index is -0.859. The Bertz CT molecular complexity index is 1210. The largest absolute Gasteiger partial charge is 0.452 e. The number of rotatable bonds is 5. The molecule has 1 saturated carbocycles. The molecule has 0 radical (unpaired) electrons. The number of halogens is 3. The first kappa shape index (κ1) is 25.9. The van der Waals surface area contributed by atoms with Crippen molar-refractivity contribution in [2.45, 2.75) is 23.6 Å². The molecule has 0 aromatic heterocycles. The van der Waals surface area contributed by atoms with E-state index < -0.39 is 58.8 Å². The second-order valence-corrected chi connectivity index (χ2v) is 9.87. The van der Waals surface area contributed by atoms with Crippen molar-refractivity contribution < 1.29 is 28.7 Å². The third-order valence-corrected chi connectivity index (χ3v) is 7.44. The number of fused-ring (bicyclic) bond motifs is 1. The van der Waals surface area contributed by atoms with Crippen LogP contribution in [0.4, 0.5) is 5.69 Å². The van der Waals surface area contributed by atoms with Crippen molar-refractivity contribution in [2.75, 3.05) is 11.5 Å². The first-order chi connectivity index (χ1) is 17.2. The van der Waals surface area contributed by atoms with Gasteiger partial charge in [0.05, 0.1) is 44.4 Å². The maximum absolute atomic E-state index is 12.9. The predicted molar refractivity (Wildman–Crippen MR) is 132 cm³/mol. The first-order valence-corrected chi connectivity index (χ1v) is 12.2. The van der Waals surface area contributed by atoms with Gasteiger partial charge in [-0.25, -0.2) is 4.79 Å². The van der Waals surface area contributed by atoms with Crippen LogP contribution in [0.5, 0.6) is 0 Å². The molecule has 4 atom stereocenters. The van der Waals surface area contributed by atoms with E-state index in [4.69, 9.17) is 39.5 Å². The van der Waals surface area contributed by atoms with E-state index in [1.807, 2.05) is 0 Å². The van der Waals surface area contributed by atoms with Crippen LogP contribution in [0.15, 0.2) is 48.5 Å². The summed E-state index contributed by atoms with van der Waals surface area (Å²) in [6, 6.07) is 12.0. The molecule has 0 unspecified atom stereocenters. The zero-order valence-electron chi connectivity index (χ0n) is 18.6. The van der Waals surface area contributed by atoms with Crippen LogP contribution in [0.3, 0.4) is 0 Å². The molecular weight excluding hydrogens is 533 g/mol. The SMILES string of the molecule is O=C(COC(=O)c1cccc(N2C(=O)[C@@H]3C[C@@H](Cl)[C@@H](Cl)C[C@H]3C2=O)c1)NNC(=O)c1ccccc1Cl. The molecule has 12 heteroatoms. The lowest BCUT2D eigenvalue weighted by molar-refractivity contribution is -0.125. The summed E-state index contributed by atoms with van der Waals surface area (Å²) in [7, 11) is 0. The Kier molecular flexibility index (Phi) is 7.82. The number of hydrogen-bond acceptors (Lipinski definition) is 6. The molecule has 36 heavy (non-hydrogen) atoms. The van der Waals surface area contributed by atoms with Gasteiger partial charge in [-0.2, -0.15) is 0 Å². The molecule has 4 amide bonds. The molecular formula is C24H20Cl3N3O6. The summed E-state index contributed by atoms with van der Waals surface area (Å²) in [4.78, 5) is 63.5. The van der Waals surface area contributed by atoms with Crippen LogP contribution in [0.1, 0.15) is 33.6 Å². The lowest BCUT2D eigenvalue weighted by Gasteiger charge is -2.28. The number of benzene rings is 2. The summed E-state index contributed by atoms with van der Waals surface area (Å²) in [6.07, 6.45) is 0.594. The van der Waals surface area contributed by atoms with Crippen molar-refractivity contribution in [1.82, 2.24) is 10.9 Å². The zero-order valence-corrected chi connectivity index (χ0v) is 20.8. The Morgan fingerprint density at radius 3 is 2.19 bits per heavy atom. The van der Waals surface area contributed by atoms with Crippen molar-refractivity contribution in [1.29, 1.82) is 0 Å². The van der Waals surface area contributed by atoms with E-state index in [9.17, 15) is 24.0 Å². The van der Waals surface area contributed by atoms with Crippen molar-refractivity contribution in [3.63, 3.8) is 0 Å². The first-order valence-electron chi connectivity index (χ1n) is 10.9. The standard InChI is InChI=1S/C24H20Cl3N3O6/c25-17-7-2-1-6-14(17)21(32)29-28-20(31)11-36-24(35)12-4-3-5-13(8-12)30-22(33)15-9-18(26)19(27)10-16(15)23(30)34/h1-8,15-16,18-19H,9-11H2,(H,28,31)(H,29,32)/t15-,16-,18-,19+/m1/s1. The molecule has 2 aromatic carbocycles. The fraction of sp³-hybridized carbons (Fsp3) is 0.292. The third-order valence-electron chi connectivity index (χ3n) is 6.02. The molecule has 1 saturated heterocycles. The van der Waals surface area contributed by atoms with E-state index in [0.29, 0.717) is 12.8 Å². The molecule has 2 aliphatic rings. The zero-order chi connectivity index (χ0) is 26.0. The normalized spacial score (nSPS) is 23.1. The Hall–Kier alpha value is -3.14. The smallest absolute Gasteiger partial charge is 0.338 e. The topological polar surface area (TPSA) is 122 Å². The number of carbonyl (C=O) groups excluding carboxylic acids is 5. The highest BCUT2D eigenvalue weighted by Gasteiger charge is 2.52. The maximum atomic E-state index is 12.9. The van der Waals surface area contributed by atoms with Gasteiger partial charge in [-0.3, -0.25) is 34.9 Å². The summed E-state index contributed by atoms with van der Waals surface area (Å²) < 4.78 is 4.99. The second kappa shape index (κ2) is 10.9. The summed E-state index contributed by atoms with van der Waals surface area (Å²) in [6.45, 7) is -0.689. The van der Waals surface area contributed by atoms with Crippen LogP contribution in [-0.2, 0) is 19.1 Å². The molecule has 2 aromatic rings. The van der Waals surface area contributed by atoms with E-state index in [-0.39, 0.29) is 21.8 Å². The molecule has 1 heterocycles. The third kappa shape index (κ3) is 5.33. The van der Waals surface area contributed by atoms with Crippen LogP contribution in [-0.4, -0.2) is 47.0 Å². The fourth-order valence-corrected chi connectivity index (χ4v) is 5.02. The number of nitrogens with one attached hydrogen (secondary N) is 2. The molecule has 1 aliphatic carbocycles. The number of ether oxygens (including phenoxy) is 1. The van der Waals surface area contributed by atoms with Crippen molar-refractivity contribution in [3.05, 3.63) is 64.7 Å². The van der Waals surface area contributed by atoms with Gasteiger partial charge >= 0.3 is 5.97 Å². The Labute approximate surface area is 221 Å². The molecule has 0 spiro atoms. The number of nitrogens with zero attached hydrogens (tertiary/aromatic N) is 1. The van der Waals surface area contributed by atoms with Gasteiger partial charge in [0, 0.05) is 0 Å². The maximum Gasteiger partial charge on any atom is 0.338 e. The van der Waals surface area contributed by atoms with Crippen LogP contribution in [0.25, 0.3) is 0 Å². The minimum absolute atomic E-state index is 0.0290. The molecule has 2 N–H and O–H groups in total. The van der Waals surface area contributed by atoms with E-state index in [1.165, 1.54) is 36.4 Å². The molecule has 4 rings (SSSR count). The van der Waals surface area contributed by atoms with Crippen molar-refractivity contribution >= 4 is 70.1 Å². The van der Waals surface area contributed by atoms with Gasteiger partial charge in [-0.15, -0.1) is 23.2 Å². The quantitative estimate of drug-likeness (QED) is 0.254. The molecule has 188 valence electrons. The Morgan fingerprint density at radius 1 is 0.917 bits per heavy atom. The summed E-state index contributed by atoms with van der Waals surface area (Å²) >= 11 is 18.3. The average Bonchev–Trinajstić information content (AvgIpc) is 3.10. The summed E-state index contributed by atoms with van der Waals surface area (Å²) in [5.41, 5.74) is 4.69. The molecule has 9 nitrogen and oxygen atoms in total. The van der Waals surface area contributed by atoms with Gasteiger partial charge in [-0.05, 0) is 43.2 Å². The highest BCUT2D eigenvalue weighted by Crippen LogP contribution is 2.43. The second-order valence-electron chi connectivity index (χ2n) is 8.34. The molecule has 2 fully saturated rings. The molecule has 0 bridgehead atoms. The number of amides is 4. The average molecular weight is 553 g/mol. The Morgan fingerprint density at radius 2 is 1.56 bits per heavy atom. The number of carbonyl (C=O) groups is 5. The van der Waals surface area contributed by atoms with Crippen LogP contribution < -0.4 is 15.8 Å². The van der Waals surface area contributed by atoms with E-state index >= 15 is 0 Å². The number of imide groups is 1. The lowest BCUT2D eigenvalue weighted by atomic mass is 9.80. The highest BCUT2D eigenvalue weighted by molar-refractivity contribution is 6.34. The van der Waals surface area contributed by atoms with Crippen molar-refractivity contribution in [3.8, 4) is 0 Å². The lowest BCUT2D eigenvalue weighted by Crippen LogP contribution is -2.43. The summed E-state index contributed by atoms with van der Waals surface area (Å²) in [5.74, 6) is -4.19. The number of esters is 1. The van der Waals surface area contributed by atoms with Crippen molar-refractivity contribution in [2.24, 2.45) is 11.8 Å². The minimum Gasteiger partial charge on any atom is -0.452 e.